The summed E-state index contributed by atoms with van der Waals surface area (Å²) in [4.78, 5) is 19.2. The second-order valence-electron chi connectivity index (χ2n) is 4.51. The molecule has 0 saturated carbocycles. The lowest BCUT2D eigenvalue weighted by atomic mass is 10.1. The summed E-state index contributed by atoms with van der Waals surface area (Å²) in [7, 11) is 0. The Balaban J connectivity index is 2.70. The zero-order valence-corrected chi connectivity index (χ0v) is 9.97. The lowest BCUT2D eigenvalue weighted by Gasteiger charge is -2.07. The number of carboxylic acids is 1. The predicted molar refractivity (Wildman–Crippen MR) is 61.1 cm³/mol. The molecule has 0 aliphatic carbocycles. The van der Waals surface area contributed by atoms with Crippen LogP contribution in [0.1, 0.15) is 32.3 Å². The highest BCUT2D eigenvalue weighted by Crippen LogP contribution is 2.08. The molecule has 1 unspecified atom stereocenters. The van der Waals surface area contributed by atoms with E-state index in [1.165, 1.54) is 0 Å². The SMILES string of the molecule is CC(C)Cc1ccnc(CC(C)C(=O)O)n1. The minimum Gasteiger partial charge on any atom is -0.481 e. The zero-order valence-electron chi connectivity index (χ0n) is 9.97. The molecule has 1 rings (SSSR count). The molecule has 1 heterocycles. The monoisotopic (exact) mass is 222 g/mol. The molecule has 1 atom stereocenters. The summed E-state index contributed by atoms with van der Waals surface area (Å²) in [6, 6.07) is 1.88. The van der Waals surface area contributed by atoms with Gasteiger partial charge in [0.05, 0.1) is 5.92 Å². The largest absolute Gasteiger partial charge is 0.481 e. The van der Waals surface area contributed by atoms with E-state index in [9.17, 15) is 4.79 Å². The standard InChI is InChI=1S/C12H18N2O2/c1-8(2)6-10-4-5-13-11(14-10)7-9(3)12(15)16/h4-5,8-9H,6-7H2,1-3H3,(H,15,16). The molecule has 88 valence electrons. The first kappa shape index (κ1) is 12.6. The summed E-state index contributed by atoms with van der Waals surface area (Å²) in [5.41, 5.74) is 0.984. The van der Waals surface area contributed by atoms with Gasteiger partial charge in [0.15, 0.2) is 0 Å². The highest BCUT2D eigenvalue weighted by Gasteiger charge is 2.13. The van der Waals surface area contributed by atoms with Crippen molar-refractivity contribution in [2.75, 3.05) is 0 Å². The Kier molecular flexibility index (Phi) is 4.40. The number of carboxylic acid groups (broad SMARTS) is 1. The molecule has 4 nitrogen and oxygen atoms in total. The average Bonchev–Trinajstić information content (AvgIpc) is 2.16. The van der Waals surface area contributed by atoms with Crippen molar-refractivity contribution in [3.05, 3.63) is 23.8 Å². The van der Waals surface area contributed by atoms with Gasteiger partial charge >= 0.3 is 5.97 Å². The minimum atomic E-state index is -0.808. The van der Waals surface area contributed by atoms with Crippen LogP contribution in [0.2, 0.25) is 0 Å². The van der Waals surface area contributed by atoms with Crippen molar-refractivity contribution in [1.29, 1.82) is 0 Å². The van der Waals surface area contributed by atoms with E-state index in [4.69, 9.17) is 5.11 Å². The molecule has 1 aromatic heterocycles. The normalized spacial score (nSPS) is 12.8. The first-order chi connectivity index (χ1) is 7.49. The van der Waals surface area contributed by atoms with Gasteiger partial charge in [-0.2, -0.15) is 0 Å². The molecule has 0 spiro atoms. The van der Waals surface area contributed by atoms with Gasteiger partial charge in [-0.3, -0.25) is 4.79 Å². The van der Waals surface area contributed by atoms with Crippen LogP contribution in [0.5, 0.6) is 0 Å². The molecule has 1 aromatic rings. The van der Waals surface area contributed by atoms with Gasteiger partial charge in [0, 0.05) is 18.3 Å². The Morgan fingerprint density at radius 3 is 2.62 bits per heavy atom. The number of carbonyl (C=O) groups is 1. The third-order valence-electron chi connectivity index (χ3n) is 2.29. The van der Waals surface area contributed by atoms with Crippen LogP contribution in [0.15, 0.2) is 12.3 Å². The smallest absolute Gasteiger partial charge is 0.306 e. The fraction of sp³-hybridized carbons (Fsp3) is 0.583. The molecule has 0 radical (unpaired) electrons. The Hall–Kier alpha value is -1.45. The molecule has 1 N–H and O–H groups in total. The lowest BCUT2D eigenvalue weighted by Crippen LogP contribution is -2.14. The Morgan fingerprint density at radius 1 is 1.38 bits per heavy atom. The molecule has 16 heavy (non-hydrogen) atoms. The fourth-order valence-electron chi connectivity index (χ4n) is 1.43. The maximum Gasteiger partial charge on any atom is 0.306 e. The van der Waals surface area contributed by atoms with Crippen LogP contribution in [0.25, 0.3) is 0 Å². The van der Waals surface area contributed by atoms with Crippen molar-refractivity contribution in [1.82, 2.24) is 9.97 Å². The van der Waals surface area contributed by atoms with Crippen molar-refractivity contribution >= 4 is 5.97 Å². The van der Waals surface area contributed by atoms with Gasteiger partial charge in [-0.05, 0) is 18.4 Å². The van der Waals surface area contributed by atoms with Gasteiger partial charge in [-0.15, -0.1) is 0 Å². The molecule has 0 fully saturated rings. The molecule has 0 bridgehead atoms. The number of hydrogen-bond acceptors (Lipinski definition) is 3. The van der Waals surface area contributed by atoms with E-state index in [1.54, 1.807) is 13.1 Å². The second-order valence-corrected chi connectivity index (χ2v) is 4.51. The summed E-state index contributed by atoms with van der Waals surface area (Å²) in [6.07, 6.45) is 2.99. The number of hydrogen-bond donors (Lipinski definition) is 1. The summed E-state index contributed by atoms with van der Waals surface area (Å²) in [6.45, 7) is 5.92. The molecular weight excluding hydrogens is 204 g/mol. The lowest BCUT2D eigenvalue weighted by molar-refractivity contribution is -0.141. The molecule has 0 aliphatic heterocycles. The third-order valence-corrected chi connectivity index (χ3v) is 2.29. The quantitative estimate of drug-likeness (QED) is 0.827. The van der Waals surface area contributed by atoms with Gasteiger partial charge in [-0.25, -0.2) is 9.97 Å². The minimum absolute atomic E-state index is 0.390. The number of rotatable bonds is 5. The number of aromatic nitrogens is 2. The van der Waals surface area contributed by atoms with Gasteiger partial charge in [-0.1, -0.05) is 20.8 Å². The molecule has 0 amide bonds. The number of aliphatic carboxylic acids is 1. The van der Waals surface area contributed by atoms with Crippen molar-refractivity contribution in [3.8, 4) is 0 Å². The Labute approximate surface area is 95.7 Å². The van der Waals surface area contributed by atoms with Crippen LogP contribution in [-0.4, -0.2) is 21.0 Å². The number of nitrogens with zero attached hydrogens (tertiary/aromatic N) is 2. The highest BCUT2D eigenvalue weighted by molar-refractivity contribution is 5.69. The van der Waals surface area contributed by atoms with Gasteiger partial charge in [0.25, 0.3) is 0 Å². The van der Waals surface area contributed by atoms with Crippen molar-refractivity contribution in [3.63, 3.8) is 0 Å². The average molecular weight is 222 g/mol. The van der Waals surface area contributed by atoms with Crippen LogP contribution in [-0.2, 0) is 17.6 Å². The van der Waals surface area contributed by atoms with Crippen LogP contribution in [0.4, 0.5) is 0 Å². The van der Waals surface area contributed by atoms with E-state index in [2.05, 4.69) is 23.8 Å². The van der Waals surface area contributed by atoms with E-state index in [-0.39, 0.29) is 0 Å². The maximum atomic E-state index is 10.7. The predicted octanol–water partition coefficient (Wildman–Crippen LogP) is 1.94. The van der Waals surface area contributed by atoms with E-state index >= 15 is 0 Å². The maximum absolute atomic E-state index is 10.7. The fourth-order valence-corrected chi connectivity index (χ4v) is 1.43. The van der Waals surface area contributed by atoms with Crippen LogP contribution in [0.3, 0.4) is 0 Å². The molecule has 4 heteroatoms. The van der Waals surface area contributed by atoms with Crippen LogP contribution < -0.4 is 0 Å². The van der Waals surface area contributed by atoms with E-state index in [1.807, 2.05) is 6.07 Å². The van der Waals surface area contributed by atoms with Gasteiger partial charge in [0.2, 0.25) is 0 Å². The third kappa shape index (κ3) is 3.96. The molecule has 0 saturated heterocycles. The van der Waals surface area contributed by atoms with Crippen molar-refractivity contribution in [2.24, 2.45) is 11.8 Å². The summed E-state index contributed by atoms with van der Waals surface area (Å²) < 4.78 is 0. The second kappa shape index (κ2) is 5.58. The van der Waals surface area contributed by atoms with Crippen LogP contribution in [0, 0.1) is 11.8 Å². The van der Waals surface area contributed by atoms with Gasteiger partial charge in [0.1, 0.15) is 5.82 Å². The zero-order chi connectivity index (χ0) is 12.1. The van der Waals surface area contributed by atoms with Gasteiger partial charge < -0.3 is 5.11 Å². The van der Waals surface area contributed by atoms with E-state index in [0.29, 0.717) is 18.2 Å². The molecule has 0 aromatic carbocycles. The van der Waals surface area contributed by atoms with E-state index in [0.717, 1.165) is 12.1 Å². The summed E-state index contributed by atoms with van der Waals surface area (Å²) in [5.74, 6) is -0.0835. The first-order valence-corrected chi connectivity index (χ1v) is 5.52. The molecule has 0 aliphatic rings. The van der Waals surface area contributed by atoms with E-state index < -0.39 is 11.9 Å². The first-order valence-electron chi connectivity index (χ1n) is 5.52. The highest BCUT2D eigenvalue weighted by atomic mass is 16.4. The topological polar surface area (TPSA) is 63.1 Å². The summed E-state index contributed by atoms with van der Waals surface area (Å²) in [5, 5.41) is 8.80. The molecular formula is C12H18N2O2. The van der Waals surface area contributed by atoms with Crippen molar-refractivity contribution in [2.45, 2.75) is 33.6 Å². The Bertz CT molecular complexity index is 364. The summed E-state index contributed by atoms with van der Waals surface area (Å²) >= 11 is 0. The Morgan fingerprint density at radius 2 is 2.06 bits per heavy atom. The van der Waals surface area contributed by atoms with Crippen molar-refractivity contribution < 1.29 is 9.90 Å². The van der Waals surface area contributed by atoms with Crippen LogP contribution >= 0.6 is 0 Å².